The normalized spacial score (nSPS) is 45.3. The third-order valence-electron chi connectivity index (χ3n) is 1.86. The Morgan fingerprint density at radius 2 is 2.40 bits per heavy atom. The molecule has 4 nitrogen and oxygen atoms in total. The maximum Gasteiger partial charge on any atom is 0.309 e. The zero-order valence-corrected chi connectivity index (χ0v) is 5.32. The molecular formula is C6H8O4. The molecule has 2 heterocycles. The van der Waals surface area contributed by atoms with Crippen LogP contribution in [0.4, 0.5) is 0 Å². The summed E-state index contributed by atoms with van der Waals surface area (Å²) >= 11 is 0. The van der Waals surface area contributed by atoms with Crippen molar-refractivity contribution in [3.63, 3.8) is 0 Å². The lowest BCUT2D eigenvalue weighted by molar-refractivity contribution is -0.144. The van der Waals surface area contributed by atoms with E-state index in [1.807, 2.05) is 0 Å². The van der Waals surface area contributed by atoms with Gasteiger partial charge in [0.05, 0.1) is 13.0 Å². The van der Waals surface area contributed by atoms with Crippen molar-refractivity contribution < 1.29 is 19.4 Å². The molecule has 0 radical (unpaired) electrons. The average Bonchev–Trinajstić information content (AvgIpc) is 2.35. The molecule has 2 aliphatic rings. The van der Waals surface area contributed by atoms with Gasteiger partial charge in [0.1, 0.15) is 12.2 Å². The van der Waals surface area contributed by atoms with Gasteiger partial charge in [-0.1, -0.05) is 0 Å². The first-order valence-electron chi connectivity index (χ1n) is 3.26. The van der Waals surface area contributed by atoms with Crippen LogP contribution in [0, 0.1) is 0 Å². The Hall–Kier alpha value is -0.610. The van der Waals surface area contributed by atoms with E-state index in [1.54, 1.807) is 0 Å². The lowest BCUT2D eigenvalue weighted by Gasteiger charge is -2.07. The van der Waals surface area contributed by atoms with Crippen LogP contribution in [-0.4, -0.2) is 36.0 Å². The van der Waals surface area contributed by atoms with Crippen LogP contribution >= 0.6 is 0 Å². The summed E-state index contributed by atoms with van der Waals surface area (Å²) in [4.78, 5) is 10.6. The topological polar surface area (TPSA) is 55.8 Å². The molecule has 1 N–H and O–H groups in total. The minimum atomic E-state index is -0.614. The van der Waals surface area contributed by atoms with Gasteiger partial charge in [0.15, 0.2) is 6.10 Å². The predicted octanol–water partition coefficient (Wildman–Crippen LogP) is -0.938. The Balaban J connectivity index is 2.12. The molecule has 0 aliphatic carbocycles. The second kappa shape index (κ2) is 1.93. The quantitative estimate of drug-likeness (QED) is 0.446. The first-order chi connectivity index (χ1) is 4.77. The third kappa shape index (κ3) is 0.726. The van der Waals surface area contributed by atoms with Crippen molar-refractivity contribution in [3.05, 3.63) is 0 Å². The summed E-state index contributed by atoms with van der Waals surface area (Å²) in [5.74, 6) is -0.270. The number of carbonyl (C=O) groups is 1. The van der Waals surface area contributed by atoms with Crippen LogP contribution in [0.5, 0.6) is 0 Å². The van der Waals surface area contributed by atoms with Gasteiger partial charge in [-0.3, -0.25) is 4.79 Å². The highest BCUT2D eigenvalue weighted by Crippen LogP contribution is 2.26. The number of aliphatic hydroxyl groups is 1. The number of carbonyl (C=O) groups excluding carboxylic acids is 1. The van der Waals surface area contributed by atoms with Crippen molar-refractivity contribution in [2.24, 2.45) is 0 Å². The van der Waals surface area contributed by atoms with E-state index < -0.39 is 12.2 Å². The number of esters is 1. The summed E-state index contributed by atoms with van der Waals surface area (Å²) in [6.45, 7) is 0.294. The highest BCUT2D eigenvalue weighted by Gasteiger charge is 2.45. The Kier molecular flexibility index (Phi) is 1.18. The molecule has 0 aromatic carbocycles. The molecule has 10 heavy (non-hydrogen) atoms. The van der Waals surface area contributed by atoms with E-state index in [4.69, 9.17) is 14.6 Å². The smallest absolute Gasteiger partial charge is 0.309 e. The summed E-state index contributed by atoms with van der Waals surface area (Å²) in [5, 5.41) is 9.11. The molecule has 0 bridgehead atoms. The minimum Gasteiger partial charge on any atom is -0.457 e. The van der Waals surface area contributed by atoms with E-state index >= 15 is 0 Å². The Bertz CT molecular complexity index is 167. The summed E-state index contributed by atoms with van der Waals surface area (Å²) in [7, 11) is 0. The van der Waals surface area contributed by atoms with E-state index in [-0.39, 0.29) is 12.1 Å². The molecule has 2 saturated heterocycles. The van der Waals surface area contributed by atoms with Crippen LogP contribution in [0.2, 0.25) is 0 Å². The molecule has 2 fully saturated rings. The van der Waals surface area contributed by atoms with Crippen molar-refractivity contribution in [1.29, 1.82) is 0 Å². The summed E-state index contributed by atoms with van der Waals surface area (Å²) in [6, 6.07) is 0. The highest BCUT2D eigenvalue weighted by atomic mass is 16.6. The van der Waals surface area contributed by atoms with Gasteiger partial charge in [-0.15, -0.1) is 0 Å². The number of ether oxygens (including phenoxy) is 2. The fourth-order valence-electron chi connectivity index (χ4n) is 1.35. The lowest BCUT2D eigenvalue weighted by Crippen LogP contribution is -2.26. The van der Waals surface area contributed by atoms with Crippen molar-refractivity contribution in [2.75, 3.05) is 6.61 Å². The number of hydrogen-bond acceptors (Lipinski definition) is 4. The maximum absolute atomic E-state index is 10.6. The predicted molar refractivity (Wildman–Crippen MR) is 30.2 cm³/mol. The van der Waals surface area contributed by atoms with E-state index in [0.717, 1.165) is 0 Å². The molecule has 0 saturated carbocycles. The van der Waals surface area contributed by atoms with E-state index in [9.17, 15) is 4.79 Å². The molecule has 56 valence electrons. The lowest BCUT2D eigenvalue weighted by atomic mass is 10.1. The first kappa shape index (κ1) is 6.12. The summed E-state index contributed by atoms with van der Waals surface area (Å²) in [6.07, 6.45) is -0.909. The van der Waals surface area contributed by atoms with Gasteiger partial charge in [0, 0.05) is 0 Å². The third-order valence-corrected chi connectivity index (χ3v) is 1.86. The van der Waals surface area contributed by atoms with Crippen LogP contribution in [-0.2, 0) is 14.3 Å². The van der Waals surface area contributed by atoms with E-state index in [2.05, 4.69) is 0 Å². The fraction of sp³-hybridized carbons (Fsp3) is 0.833. The zero-order valence-electron chi connectivity index (χ0n) is 5.32. The van der Waals surface area contributed by atoms with Gasteiger partial charge in [-0.25, -0.2) is 0 Å². The van der Waals surface area contributed by atoms with Gasteiger partial charge < -0.3 is 14.6 Å². The molecule has 0 aromatic rings. The van der Waals surface area contributed by atoms with Crippen LogP contribution < -0.4 is 0 Å². The molecule has 2 aliphatic heterocycles. The number of hydrogen-bond donors (Lipinski definition) is 1. The van der Waals surface area contributed by atoms with Gasteiger partial charge >= 0.3 is 5.97 Å². The molecule has 0 aromatic heterocycles. The largest absolute Gasteiger partial charge is 0.457 e. The van der Waals surface area contributed by atoms with E-state index in [1.165, 1.54) is 0 Å². The fourth-order valence-corrected chi connectivity index (χ4v) is 1.35. The Morgan fingerprint density at radius 3 is 3.10 bits per heavy atom. The minimum absolute atomic E-state index is 0.192. The molecule has 4 heteroatoms. The highest BCUT2D eigenvalue weighted by molar-refractivity contribution is 5.72. The van der Waals surface area contributed by atoms with Crippen molar-refractivity contribution >= 4 is 5.97 Å². The van der Waals surface area contributed by atoms with Crippen LogP contribution in [0.1, 0.15) is 6.42 Å². The number of aliphatic hydroxyl groups excluding tert-OH is 1. The Labute approximate surface area is 57.7 Å². The molecular weight excluding hydrogens is 136 g/mol. The van der Waals surface area contributed by atoms with Crippen molar-refractivity contribution in [2.45, 2.75) is 24.7 Å². The van der Waals surface area contributed by atoms with Crippen LogP contribution in [0.3, 0.4) is 0 Å². The SMILES string of the molecule is O=C1C[C@@H]2OC[C@H](O)[C@@H]2O1. The van der Waals surface area contributed by atoms with Gasteiger partial charge in [-0.2, -0.15) is 0 Å². The molecule has 0 unspecified atom stereocenters. The monoisotopic (exact) mass is 144 g/mol. The first-order valence-corrected chi connectivity index (χ1v) is 3.26. The van der Waals surface area contributed by atoms with Gasteiger partial charge in [0.25, 0.3) is 0 Å². The molecule has 3 atom stereocenters. The van der Waals surface area contributed by atoms with Gasteiger partial charge in [-0.05, 0) is 0 Å². The summed E-state index contributed by atoms with van der Waals surface area (Å²) in [5.41, 5.74) is 0. The zero-order chi connectivity index (χ0) is 7.14. The van der Waals surface area contributed by atoms with Crippen molar-refractivity contribution in [1.82, 2.24) is 0 Å². The average molecular weight is 144 g/mol. The second-order valence-electron chi connectivity index (χ2n) is 2.60. The standard InChI is InChI=1S/C6H8O4/c7-3-2-9-4-1-5(8)10-6(3)4/h3-4,6-7H,1-2H2/t3-,4-,6-/m0/s1. The number of rotatable bonds is 0. The Morgan fingerprint density at radius 1 is 1.60 bits per heavy atom. The second-order valence-corrected chi connectivity index (χ2v) is 2.60. The molecule has 2 rings (SSSR count). The summed E-state index contributed by atoms with van der Waals surface area (Å²) < 4.78 is 9.85. The maximum atomic E-state index is 10.6. The number of fused-ring (bicyclic) bond motifs is 1. The molecule has 0 spiro atoms. The van der Waals surface area contributed by atoms with Gasteiger partial charge in [0.2, 0.25) is 0 Å². The van der Waals surface area contributed by atoms with Crippen LogP contribution in [0.15, 0.2) is 0 Å². The van der Waals surface area contributed by atoms with Crippen molar-refractivity contribution in [3.8, 4) is 0 Å². The molecule has 0 amide bonds. The van der Waals surface area contributed by atoms with E-state index in [0.29, 0.717) is 13.0 Å². The van der Waals surface area contributed by atoms with Crippen LogP contribution in [0.25, 0.3) is 0 Å².